The van der Waals surface area contributed by atoms with Crippen LogP contribution in [0, 0.1) is 6.92 Å². The molecule has 0 radical (unpaired) electrons. The Kier molecular flexibility index (Phi) is 6.35. The molecule has 0 amide bonds. The van der Waals surface area contributed by atoms with Crippen molar-refractivity contribution in [1.82, 2.24) is 25.5 Å². The second kappa shape index (κ2) is 9.21. The van der Waals surface area contributed by atoms with Crippen LogP contribution in [0.4, 0.5) is 0 Å². The molecule has 0 fully saturated rings. The Balaban J connectivity index is 0.00000324. The molecule has 2 aromatic heterocycles. The number of hydrogen-bond acceptors (Lipinski definition) is 8. The maximum Gasteiger partial charge on any atom is 0.268 e. The van der Waals surface area contributed by atoms with Crippen LogP contribution < -0.4 is 5.32 Å². The van der Waals surface area contributed by atoms with Gasteiger partial charge in [0.05, 0.1) is 27.7 Å². The number of benzene rings is 2. The van der Waals surface area contributed by atoms with Gasteiger partial charge >= 0.3 is 0 Å². The van der Waals surface area contributed by atoms with Gasteiger partial charge in [0, 0.05) is 19.1 Å². The summed E-state index contributed by atoms with van der Waals surface area (Å²) in [4.78, 5) is 9.38. The zero-order chi connectivity index (χ0) is 23.6. The summed E-state index contributed by atoms with van der Waals surface area (Å²) < 4.78 is 30.6. The quantitative estimate of drug-likeness (QED) is 0.430. The van der Waals surface area contributed by atoms with Gasteiger partial charge in [-0.2, -0.15) is 0 Å². The summed E-state index contributed by atoms with van der Waals surface area (Å²) in [5.41, 5.74) is 4.43. The van der Waals surface area contributed by atoms with E-state index in [-0.39, 0.29) is 12.2 Å². The van der Waals surface area contributed by atoms with E-state index in [0.29, 0.717) is 23.0 Å². The minimum atomic E-state index is -3.34. The van der Waals surface area contributed by atoms with E-state index in [9.17, 15) is 8.42 Å². The van der Waals surface area contributed by atoms with Gasteiger partial charge in [-0.3, -0.25) is 4.98 Å². The van der Waals surface area contributed by atoms with Crippen LogP contribution in [0.3, 0.4) is 0 Å². The van der Waals surface area contributed by atoms with Crippen molar-refractivity contribution < 1.29 is 14.3 Å². The molecule has 172 valence electrons. The van der Waals surface area contributed by atoms with Gasteiger partial charge in [-0.05, 0) is 57.6 Å². The van der Waals surface area contributed by atoms with Crippen molar-refractivity contribution in [2.45, 2.75) is 37.5 Å². The molecule has 0 bridgehead atoms. The molecule has 8 nitrogen and oxygen atoms in total. The Bertz CT molecular complexity index is 1370. The van der Waals surface area contributed by atoms with Crippen molar-refractivity contribution in [3.05, 3.63) is 66.0 Å². The maximum atomic E-state index is 12.4. The molecular weight excluding hydrogens is 438 g/mol. The number of rotatable bonds is 7. The van der Waals surface area contributed by atoms with E-state index in [4.69, 9.17) is 4.42 Å². The molecule has 33 heavy (non-hydrogen) atoms. The first-order valence-corrected chi connectivity index (χ1v) is 12.1. The van der Waals surface area contributed by atoms with Gasteiger partial charge in [0.1, 0.15) is 5.69 Å². The standard InChI is InChI=1S/C24H25N5O3S.H2/c1-15(2)33(30,31)20-11-9-18(10-12-20)21-14-26-16(3)22(27-21)24-29-28-23(32-24)19-7-5-17(6-8-19)13-25-4;/h5-12,14-15,25H,13H2,1-4H3;1H. The molecule has 0 unspecified atom stereocenters. The Labute approximate surface area is 194 Å². The Hall–Kier alpha value is -3.43. The van der Waals surface area contributed by atoms with E-state index >= 15 is 0 Å². The van der Waals surface area contributed by atoms with Gasteiger partial charge in [0.15, 0.2) is 9.84 Å². The van der Waals surface area contributed by atoms with Crippen LogP contribution in [-0.2, 0) is 16.4 Å². The molecule has 0 aliphatic carbocycles. The molecule has 0 aliphatic rings. The summed E-state index contributed by atoms with van der Waals surface area (Å²) in [5.74, 6) is 0.672. The molecule has 0 saturated heterocycles. The van der Waals surface area contributed by atoms with Crippen molar-refractivity contribution >= 4 is 9.84 Å². The molecule has 0 aliphatic heterocycles. The highest BCUT2D eigenvalue weighted by molar-refractivity contribution is 7.92. The van der Waals surface area contributed by atoms with Crippen LogP contribution in [0.2, 0.25) is 0 Å². The van der Waals surface area contributed by atoms with Crippen molar-refractivity contribution in [1.29, 1.82) is 0 Å². The van der Waals surface area contributed by atoms with E-state index in [1.54, 1.807) is 44.3 Å². The first kappa shape index (κ1) is 22.8. The maximum absolute atomic E-state index is 12.4. The van der Waals surface area contributed by atoms with Crippen molar-refractivity contribution in [2.24, 2.45) is 0 Å². The lowest BCUT2D eigenvalue weighted by Crippen LogP contribution is -2.13. The topological polar surface area (TPSA) is 111 Å². The van der Waals surface area contributed by atoms with Crippen molar-refractivity contribution in [3.8, 4) is 34.3 Å². The number of nitrogens with one attached hydrogen (secondary N) is 1. The van der Waals surface area contributed by atoms with E-state index < -0.39 is 15.1 Å². The minimum Gasteiger partial charge on any atom is -0.415 e. The first-order valence-electron chi connectivity index (χ1n) is 10.6. The number of aromatic nitrogens is 4. The molecule has 2 aromatic carbocycles. The number of sulfone groups is 1. The molecule has 9 heteroatoms. The van der Waals surface area contributed by atoms with E-state index in [2.05, 4.69) is 25.5 Å². The lowest BCUT2D eigenvalue weighted by atomic mass is 10.1. The summed E-state index contributed by atoms with van der Waals surface area (Å²) in [5, 5.41) is 11.0. The SMILES string of the molecule is CNCc1ccc(-c2nnc(-c3nc(-c4ccc(S(=O)(=O)C(C)C)cc4)cnc3C)o2)cc1.[HH]. The third-order valence-corrected chi connectivity index (χ3v) is 7.43. The summed E-state index contributed by atoms with van der Waals surface area (Å²) in [6.45, 7) is 5.93. The zero-order valence-electron chi connectivity index (χ0n) is 18.9. The molecule has 4 rings (SSSR count). The largest absolute Gasteiger partial charge is 0.415 e. The highest BCUT2D eigenvalue weighted by Crippen LogP contribution is 2.27. The van der Waals surface area contributed by atoms with Gasteiger partial charge in [0.25, 0.3) is 5.89 Å². The number of aryl methyl sites for hydroxylation is 1. The average Bonchev–Trinajstić information content (AvgIpc) is 3.30. The molecule has 0 saturated carbocycles. The monoisotopic (exact) mass is 465 g/mol. The molecule has 1 N–H and O–H groups in total. The fourth-order valence-corrected chi connectivity index (χ4v) is 4.34. The van der Waals surface area contributed by atoms with E-state index in [0.717, 1.165) is 23.2 Å². The highest BCUT2D eigenvalue weighted by Gasteiger charge is 2.20. The second-order valence-corrected chi connectivity index (χ2v) is 10.5. The fraction of sp³-hybridized carbons (Fsp3) is 0.250. The lowest BCUT2D eigenvalue weighted by Gasteiger charge is -2.09. The Morgan fingerprint density at radius 3 is 2.24 bits per heavy atom. The average molecular weight is 466 g/mol. The number of hydrogen-bond donors (Lipinski definition) is 1. The fourth-order valence-electron chi connectivity index (χ4n) is 3.28. The molecular formula is C24H27N5O3S. The zero-order valence-corrected chi connectivity index (χ0v) is 19.7. The van der Waals surface area contributed by atoms with Gasteiger partial charge in [0.2, 0.25) is 5.89 Å². The van der Waals surface area contributed by atoms with Crippen molar-refractivity contribution in [2.75, 3.05) is 7.05 Å². The third kappa shape index (κ3) is 4.69. The molecule has 2 heterocycles. The van der Waals surface area contributed by atoms with Gasteiger partial charge in [-0.1, -0.05) is 24.3 Å². The summed E-state index contributed by atoms with van der Waals surface area (Å²) in [7, 11) is -1.44. The van der Waals surface area contributed by atoms with Gasteiger partial charge < -0.3 is 9.73 Å². The first-order chi connectivity index (χ1) is 15.8. The van der Waals surface area contributed by atoms with Gasteiger partial charge in [-0.15, -0.1) is 10.2 Å². The van der Waals surface area contributed by atoms with Gasteiger partial charge in [-0.25, -0.2) is 13.4 Å². The smallest absolute Gasteiger partial charge is 0.268 e. The second-order valence-electron chi connectivity index (χ2n) is 7.95. The van der Waals surface area contributed by atoms with Crippen LogP contribution in [0.25, 0.3) is 34.3 Å². The van der Waals surface area contributed by atoms with Crippen LogP contribution >= 0.6 is 0 Å². The van der Waals surface area contributed by atoms with Crippen molar-refractivity contribution in [3.63, 3.8) is 0 Å². The Morgan fingerprint density at radius 2 is 1.61 bits per heavy atom. The summed E-state index contributed by atoms with van der Waals surface area (Å²) in [6, 6.07) is 14.5. The van der Waals surface area contributed by atoms with Crippen LogP contribution in [0.15, 0.2) is 64.0 Å². The summed E-state index contributed by atoms with van der Waals surface area (Å²) >= 11 is 0. The number of nitrogens with zero attached hydrogens (tertiary/aromatic N) is 4. The normalized spacial score (nSPS) is 11.8. The minimum absolute atomic E-state index is 0. The third-order valence-electron chi connectivity index (χ3n) is 5.26. The molecule has 0 spiro atoms. The Morgan fingerprint density at radius 1 is 0.970 bits per heavy atom. The highest BCUT2D eigenvalue weighted by atomic mass is 32.2. The lowest BCUT2D eigenvalue weighted by molar-refractivity contribution is 0.581. The van der Waals surface area contributed by atoms with Crippen LogP contribution in [0.1, 0.15) is 26.5 Å². The molecule has 0 atom stereocenters. The predicted octanol–water partition coefficient (Wildman–Crippen LogP) is 4.32. The molecule has 4 aromatic rings. The van der Waals surface area contributed by atoms with E-state index in [1.165, 1.54) is 0 Å². The van der Waals surface area contributed by atoms with E-state index in [1.807, 2.05) is 38.2 Å². The summed E-state index contributed by atoms with van der Waals surface area (Å²) in [6.07, 6.45) is 1.64. The predicted molar refractivity (Wildman–Crippen MR) is 128 cm³/mol. The van der Waals surface area contributed by atoms with Crippen LogP contribution in [-0.4, -0.2) is 40.9 Å². The van der Waals surface area contributed by atoms with Crippen LogP contribution in [0.5, 0.6) is 0 Å².